The van der Waals surface area contributed by atoms with E-state index in [-0.39, 0.29) is 33.9 Å². The summed E-state index contributed by atoms with van der Waals surface area (Å²) in [5.74, 6) is -0.410. The highest BCUT2D eigenvalue weighted by atomic mass is 32.2. The third-order valence-corrected chi connectivity index (χ3v) is 6.07. The summed E-state index contributed by atoms with van der Waals surface area (Å²) in [6.07, 6.45) is 3.42. The second kappa shape index (κ2) is 6.77. The molecule has 1 aromatic heterocycles. The predicted octanol–water partition coefficient (Wildman–Crippen LogP) is 0.326. The van der Waals surface area contributed by atoms with Crippen molar-refractivity contribution < 1.29 is 18.3 Å². The third-order valence-electron chi connectivity index (χ3n) is 3.37. The standard InChI is InChI=1S/C11H18N4O4S2/c1-7(17)12-10-13-14-11(20-10)21(18,19)15-9-5-3-2-4-8(9)6-16/h8-9,15-16H,2-6H2,1H3,(H,12,13,17). The molecule has 0 aromatic carbocycles. The number of sulfonamides is 1. The van der Waals surface area contributed by atoms with Gasteiger partial charge in [-0.1, -0.05) is 24.2 Å². The number of nitrogens with one attached hydrogen (secondary N) is 2. The van der Waals surface area contributed by atoms with Crippen LogP contribution in [0.5, 0.6) is 0 Å². The Labute approximate surface area is 127 Å². The molecule has 1 amide bonds. The van der Waals surface area contributed by atoms with Crippen LogP contribution >= 0.6 is 11.3 Å². The zero-order valence-corrected chi connectivity index (χ0v) is 13.2. The number of aliphatic hydroxyl groups excluding tert-OH is 1. The van der Waals surface area contributed by atoms with Crippen molar-refractivity contribution in [3.63, 3.8) is 0 Å². The van der Waals surface area contributed by atoms with E-state index in [9.17, 15) is 18.3 Å². The molecule has 1 aliphatic rings. The van der Waals surface area contributed by atoms with Gasteiger partial charge in [0, 0.05) is 19.6 Å². The normalized spacial score (nSPS) is 23.0. The first kappa shape index (κ1) is 16.3. The maximum Gasteiger partial charge on any atom is 0.270 e. The van der Waals surface area contributed by atoms with Gasteiger partial charge in [0.1, 0.15) is 0 Å². The first-order valence-electron chi connectivity index (χ1n) is 6.66. The van der Waals surface area contributed by atoms with Gasteiger partial charge in [-0.25, -0.2) is 13.1 Å². The van der Waals surface area contributed by atoms with Crippen LogP contribution in [0, 0.1) is 5.92 Å². The number of carbonyl (C=O) groups excluding carboxylic acids is 1. The number of amides is 1. The van der Waals surface area contributed by atoms with E-state index >= 15 is 0 Å². The van der Waals surface area contributed by atoms with Crippen LogP contribution in [0.2, 0.25) is 0 Å². The number of hydrogen-bond acceptors (Lipinski definition) is 7. The molecule has 0 spiro atoms. The van der Waals surface area contributed by atoms with E-state index in [1.165, 1.54) is 6.92 Å². The molecule has 1 heterocycles. The highest BCUT2D eigenvalue weighted by Crippen LogP contribution is 2.26. The Bertz CT molecular complexity index is 601. The number of anilines is 1. The molecular weight excluding hydrogens is 316 g/mol. The van der Waals surface area contributed by atoms with Crippen molar-refractivity contribution in [3.05, 3.63) is 0 Å². The molecule has 0 aliphatic heterocycles. The fraction of sp³-hybridized carbons (Fsp3) is 0.727. The van der Waals surface area contributed by atoms with E-state index < -0.39 is 10.0 Å². The van der Waals surface area contributed by atoms with Gasteiger partial charge in [-0.05, 0) is 18.8 Å². The van der Waals surface area contributed by atoms with E-state index in [2.05, 4.69) is 20.2 Å². The smallest absolute Gasteiger partial charge is 0.270 e. The van der Waals surface area contributed by atoms with Crippen molar-refractivity contribution in [1.82, 2.24) is 14.9 Å². The third kappa shape index (κ3) is 4.19. The largest absolute Gasteiger partial charge is 0.396 e. The molecule has 3 N–H and O–H groups in total. The molecule has 1 saturated carbocycles. The summed E-state index contributed by atoms with van der Waals surface area (Å²) in [6, 6.07) is -0.290. The summed E-state index contributed by atoms with van der Waals surface area (Å²) >= 11 is 0.798. The molecule has 0 bridgehead atoms. The molecule has 1 aromatic rings. The fourth-order valence-corrected chi connectivity index (χ4v) is 4.65. The summed E-state index contributed by atoms with van der Waals surface area (Å²) in [6.45, 7) is 1.27. The van der Waals surface area contributed by atoms with Crippen molar-refractivity contribution in [2.45, 2.75) is 43.0 Å². The number of hydrogen-bond donors (Lipinski definition) is 3. The van der Waals surface area contributed by atoms with Crippen LogP contribution in [0.4, 0.5) is 5.13 Å². The quantitative estimate of drug-likeness (QED) is 0.667. The first-order chi connectivity index (χ1) is 9.92. The maximum atomic E-state index is 12.3. The average Bonchev–Trinajstić information content (AvgIpc) is 2.87. The average molecular weight is 334 g/mol. The molecule has 2 unspecified atom stereocenters. The van der Waals surface area contributed by atoms with E-state index in [0.717, 1.165) is 30.6 Å². The van der Waals surface area contributed by atoms with Crippen LogP contribution in [0.3, 0.4) is 0 Å². The molecule has 8 nitrogen and oxygen atoms in total. The Morgan fingerprint density at radius 1 is 1.38 bits per heavy atom. The number of aromatic nitrogens is 2. The number of rotatable bonds is 5. The summed E-state index contributed by atoms with van der Waals surface area (Å²) in [7, 11) is -3.79. The Hall–Kier alpha value is -1.10. The highest BCUT2D eigenvalue weighted by Gasteiger charge is 2.30. The fourth-order valence-electron chi connectivity index (χ4n) is 2.35. The van der Waals surface area contributed by atoms with Gasteiger partial charge in [0.25, 0.3) is 10.0 Å². The summed E-state index contributed by atoms with van der Waals surface area (Å²) in [5, 5.41) is 19.1. The Kier molecular flexibility index (Phi) is 5.25. The molecule has 2 rings (SSSR count). The van der Waals surface area contributed by atoms with Gasteiger partial charge in [-0.3, -0.25) is 4.79 Å². The second-order valence-corrected chi connectivity index (χ2v) is 7.87. The Morgan fingerprint density at radius 3 is 2.76 bits per heavy atom. The Balaban J connectivity index is 2.10. The van der Waals surface area contributed by atoms with Gasteiger partial charge >= 0.3 is 0 Å². The first-order valence-corrected chi connectivity index (χ1v) is 8.96. The highest BCUT2D eigenvalue weighted by molar-refractivity contribution is 7.91. The van der Waals surface area contributed by atoms with Crippen LogP contribution in [0.25, 0.3) is 0 Å². The molecule has 10 heteroatoms. The van der Waals surface area contributed by atoms with Gasteiger partial charge in [0.2, 0.25) is 15.4 Å². The zero-order chi connectivity index (χ0) is 15.5. The molecular formula is C11H18N4O4S2. The van der Waals surface area contributed by atoms with Crippen molar-refractivity contribution >= 4 is 32.4 Å². The minimum absolute atomic E-state index is 0.0412. The number of aliphatic hydroxyl groups is 1. The van der Waals surface area contributed by atoms with Crippen LogP contribution in [0.15, 0.2) is 4.34 Å². The summed E-state index contributed by atoms with van der Waals surface area (Å²) < 4.78 is 26.9. The van der Waals surface area contributed by atoms with E-state index in [4.69, 9.17) is 0 Å². The lowest BCUT2D eigenvalue weighted by Crippen LogP contribution is -2.43. The van der Waals surface area contributed by atoms with Crippen molar-refractivity contribution in [1.29, 1.82) is 0 Å². The molecule has 1 aliphatic carbocycles. The monoisotopic (exact) mass is 334 g/mol. The van der Waals surface area contributed by atoms with Gasteiger partial charge in [0.05, 0.1) is 0 Å². The van der Waals surface area contributed by atoms with Crippen LogP contribution in [0.1, 0.15) is 32.6 Å². The summed E-state index contributed by atoms with van der Waals surface area (Å²) in [4.78, 5) is 10.9. The van der Waals surface area contributed by atoms with Gasteiger partial charge in [-0.2, -0.15) is 0 Å². The number of carbonyl (C=O) groups is 1. The number of nitrogens with zero attached hydrogens (tertiary/aromatic N) is 2. The van der Waals surface area contributed by atoms with Crippen molar-refractivity contribution in [2.75, 3.05) is 11.9 Å². The SMILES string of the molecule is CC(=O)Nc1nnc(S(=O)(=O)NC2CCCCC2CO)s1. The minimum atomic E-state index is -3.79. The lowest BCUT2D eigenvalue weighted by molar-refractivity contribution is -0.114. The predicted molar refractivity (Wildman–Crippen MR) is 77.4 cm³/mol. The molecule has 0 radical (unpaired) electrons. The van der Waals surface area contributed by atoms with Crippen LogP contribution < -0.4 is 10.0 Å². The van der Waals surface area contributed by atoms with Gasteiger partial charge < -0.3 is 10.4 Å². The maximum absolute atomic E-state index is 12.3. The van der Waals surface area contributed by atoms with Gasteiger partial charge in [0.15, 0.2) is 0 Å². The lowest BCUT2D eigenvalue weighted by Gasteiger charge is -2.30. The van der Waals surface area contributed by atoms with E-state index in [1.807, 2.05) is 0 Å². The zero-order valence-electron chi connectivity index (χ0n) is 11.6. The van der Waals surface area contributed by atoms with Crippen molar-refractivity contribution in [3.8, 4) is 0 Å². The van der Waals surface area contributed by atoms with Crippen LogP contribution in [-0.2, 0) is 14.8 Å². The van der Waals surface area contributed by atoms with Crippen LogP contribution in [-0.4, -0.2) is 42.3 Å². The molecule has 118 valence electrons. The second-order valence-electron chi connectivity index (χ2n) is 5.01. The molecule has 0 saturated heterocycles. The lowest BCUT2D eigenvalue weighted by atomic mass is 9.86. The van der Waals surface area contributed by atoms with E-state index in [1.54, 1.807) is 0 Å². The van der Waals surface area contributed by atoms with E-state index in [0.29, 0.717) is 6.42 Å². The van der Waals surface area contributed by atoms with Gasteiger partial charge in [-0.15, -0.1) is 10.2 Å². The van der Waals surface area contributed by atoms with Crippen molar-refractivity contribution in [2.24, 2.45) is 5.92 Å². The summed E-state index contributed by atoms with van der Waals surface area (Å²) in [5.41, 5.74) is 0. The minimum Gasteiger partial charge on any atom is -0.396 e. The molecule has 2 atom stereocenters. The molecule has 21 heavy (non-hydrogen) atoms. The molecule has 1 fully saturated rings. The Morgan fingerprint density at radius 2 is 2.10 bits per heavy atom. The topological polar surface area (TPSA) is 121 Å².